The van der Waals surface area contributed by atoms with Gasteiger partial charge in [0.15, 0.2) is 0 Å². The second-order valence-electron chi connectivity index (χ2n) is 8.49. The molecule has 0 bridgehead atoms. The van der Waals surface area contributed by atoms with E-state index in [0.717, 1.165) is 11.1 Å². The molecule has 2 rings (SSSR count). The molecule has 2 aromatic carbocycles. The topological polar surface area (TPSA) is 75.3 Å². The molecule has 0 aliphatic carbocycles. The molecule has 0 saturated carbocycles. The Balaban J connectivity index is 2.11. The highest BCUT2D eigenvalue weighted by Crippen LogP contribution is 2.23. The van der Waals surface area contributed by atoms with E-state index in [1.165, 1.54) is 13.8 Å². The minimum atomic E-state index is -5.09. The van der Waals surface area contributed by atoms with E-state index in [1.807, 2.05) is 30.3 Å². The number of Topliss-reactive ketones (excluding diaryl/α,β-unsaturated/α-hetero) is 1. The monoisotopic (exact) mass is 530 g/mol. The van der Waals surface area contributed by atoms with Gasteiger partial charge in [0, 0.05) is 6.42 Å². The van der Waals surface area contributed by atoms with Crippen molar-refractivity contribution >= 4 is 40.8 Å². The number of rotatable bonds is 11. The van der Waals surface area contributed by atoms with Crippen LogP contribution in [0.4, 0.5) is 13.2 Å². The first kappa shape index (κ1) is 28.7. The first-order valence-corrected chi connectivity index (χ1v) is 11.8. The van der Waals surface area contributed by atoms with Crippen molar-refractivity contribution < 1.29 is 27.6 Å². The summed E-state index contributed by atoms with van der Waals surface area (Å²) >= 11 is 11.9. The Bertz CT molecular complexity index is 1030. The predicted octanol–water partition coefficient (Wildman–Crippen LogP) is 5.32. The minimum Gasteiger partial charge on any atom is -0.344 e. The second-order valence-corrected chi connectivity index (χ2v) is 9.30. The SMILES string of the molecule is CC(C)[C@H](NC(=O)[C@H](CCc1ccccc1)NC(=O)CCc1ccc(Cl)c(Cl)c1)C(=O)C(F)(F)F. The molecule has 2 amide bonds. The number of carbonyl (C=O) groups excluding carboxylic acids is 3. The van der Waals surface area contributed by atoms with E-state index in [4.69, 9.17) is 23.2 Å². The van der Waals surface area contributed by atoms with Crippen LogP contribution in [0.5, 0.6) is 0 Å². The van der Waals surface area contributed by atoms with Gasteiger partial charge in [0.25, 0.3) is 5.78 Å². The van der Waals surface area contributed by atoms with E-state index in [1.54, 1.807) is 18.2 Å². The van der Waals surface area contributed by atoms with Crippen molar-refractivity contribution in [2.75, 3.05) is 0 Å². The number of aryl methyl sites for hydroxylation is 2. The third-order valence-electron chi connectivity index (χ3n) is 5.37. The molecule has 0 aliphatic heterocycles. The number of alkyl halides is 3. The quantitative estimate of drug-likeness (QED) is 0.413. The highest BCUT2D eigenvalue weighted by atomic mass is 35.5. The Labute approximate surface area is 212 Å². The van der Waals surface area contributed by atoms with E-state index in [0.29, 0.717) is 22.9 Å². The maximum Gasteiger partial charge on any atom is 0.452 e. The highest BCUT2D eigenvalue weighted by molar-refractivity contribution is 6.42. The van der Waals surface area contributed by atoms with E-state index >= 15 is 0 Å². The lowest BCUT2D eigenvalue weighted by Crippen LogP contribution is -2.55. The summed E-state index contributed by atoms with van der Waals surface area (Å²) in [5.74, 6) is -4.14. The van der Waals surface area contributed by atoms with Gasteiger partial charge in [0.05, 0.1) is 16.1 Å². The van der Waals surface area contributed by atoms with Crippen molar-refractivity contribution in [1.29, 1.82) is 0 Å². The fourth-order valence-electron chi connectivity index (χ4n) is 3.41. The maximum atomic E-state index is 13.0. The molecule has 10 heteroatoms. The van der Waals surface area contributed by atoms with Gasteiger partial charge in [0.1, 0.15) is 6.04 Å². The molecule has 5 nitrogen and oxygen atoms in total. The second kappa shape index (κ2) is 12.9. The number of hydrogen-bond donors (Lipinski definition) is 2. The van der Waals surface area contributed by atoms with Crippen molar-refractivity contribution in [2.45, 2.75) is 57.8 Å². The maximum absolute atomic E-state index is 13.0. The van der Waals surface area contributed by atoms with Crippen LogP contribution in [0, 0.1) is 5.92 Å². The minimum absolute atomic E-state index is 0.0160. The molecule has 35 heavy (non-hydrogen) atoms. The molecule has 2 aromatic rings. The third kappa shape index (κ3) is 9.18. The third-order valence-corrected chi connectivity index (χ3v) is 6.11. The Morgan fingerprint density at radius 3 is 2.11 bits per heavy atom. The molecule has 2 N–H and O–H groups in total. The van der Waals surface area contributed by atoms with E-state index in [2.05, 4.69) is 10.6 Å². The fourth-order valence-corrected chi connectivity index (χ4v) is 3.73. The van der Waals surface area contributed by atoms with Gasteiger partial charge < -0.3 is 10.6 Å². The number of nitrogens with one attached hydrogen (secondary N) is 2. The highest BCUT2D eigenvalue weighted by Gasteiger charge is 2.45. The van der Waals surface area contributed by atoms with Gasteiger partial charge in [-0.05, 0) is 48.4 Å². The lowest BCUT2D eigenvalue weighted by molar-refractivity contribution is -0.175. The van der Waals surface area contributed by atoms with E-state index in [-0.39, 0.29) is 12.8 Å². The Morgan fingerprint density at radius 1 is 0.886 bits per heavy atom. The summed E-state index contributed by atoms with van der Waals surface area (Å²) in [4.78, 5) is 37.4. The number of ketones is 1. The summed E-state index contributed by atoms with van der Waals surface area (Å²) in [6.07, 6.45) is -4.23. The van der Waals surface area contributed by atoms with Gasteiger partial charge in [-0.2, -0.15) is 13.2 Å². The first-order valence-electron chi connectivity index (χ1n) is 11.1. The van der Waals surface area contributed by atoms with Crippen molar-refractivity contribution in [2.24, 2.45) is 5.92 Å². The standard InChI is InChI=1S/C25H27Cl2F3N2O3/c1-15(2)22(23(34)25(28,29)30)32-24(35)20(12-9-16-6-4-3-5-7-16)31-21(33)13-10-17-8-11-18(26)19(27)14-17/h3-8,11,14-15,20,22H,9-10,12-13H2,1-2H3,(H,31,33)(H,32,35)/t20-,22-/m0/s1. The lowest BCUT2D eigenvalue weighted by atomic mass is 9.98. The molecule has 0 aliphatic rings. The predicted molar refractivity (Wildman–Crippen MR) is 129 cm³/mol. The number of benzene rings is 2. The molecule has 0 saturated heterocycles. The summed E-state index contributed by atoms with van der Waals surface area (Å²) in [5.41, 5.74) is 1.65. The van der Waals surface area contributed by atoms with Crippen LogP contribution in [0.15, 0.2) is 48.5 Å². The number of hydrogen-bond acceptors (Lipinski definition) is 3. The van der Waals surface area contributed by atoms with Crippen molar-refractivity contribution in [1.82, 2.24) is 10.6 Å². The molecule has 0 spiro atoms. The largest absolute Gasteiger partial charge is 0.452 e. The van der Waals surface area contributed by atoms with E-state index in [9.17, 15) is 27.6 Å². The van der Waals surface area contributed by atoms with Gasteiger partial charge in [0.2, 0.25) is 11.8 Å². The van der Waals surface area contributed by atoms with Crippen LogP contribution < -0.4 is 10.6 Å². The Kier molecular flexibility index (Phi) is 10.6. The number of halogens is 5. The number of carbonyl (C=O) groups is 3. The van der Waals surface area contributed by atoms with E-state index < -0.39 is 41.8 Å². The van der Waals surface area contributed by atoms with Gasteiger partial charge in [-0.25, -0.2) is 0 Å². The molecular weight excluding hydrogens is 504 g/mol. The number of amides is 2. The van der Waals surface area contributed by atoms with Crippen LogP contribution in [0.25, 0.3) is 0 Å². The average Bonchev–Trinajstić information content (AvgIpc) is 2.80. The molecule has 0 radical (unpaired) electrons. The smallest absolute Gasteiger partial charge is 0.344 e. The Morgan fingerprint density at radius 2 is 1.54 bits per heavy atom. The summed E-state index contributed by atoms with van der Waals surface area (Å²) in [6.45, 7) is 2.81. The zero-order chi connectivity index (χ0) is 26.2. The fraction of sp³-hybridized carbons (Fsp3) is 0.400. The van der Waals surface area contributed by atoms with Crippen molar-refractivity contribution in [3.05, 3.63) is 69.7 Å². The Hall–Kier alpha value is -2.58. The molecular formula is C25H27Cl2F3N2O3. The van der Waals surface area contributed by atoms with Crippen molar-refractivity contribution in [3.63, 3.8) is 0 Å². The molecule has 2 atom stereocenters. The molecule has 0 aromatic heterocycles. The van der Waals surface area contributed by atoms with Crippen LogP contribution in [-0.4, -0.2) is 35.9 Å². The van der Waals surface area contributed by atoms with Crippen LogP contribution in [0.2, 0.25) is 10.0 Å². The summed E-state index contributed by atoms with van der Waals surface area (Å²) in [5, 5.41) is 5.53. The summed E-state index contributed by atoms with van der Waals surface area (Å²) < 4.78 is 39.1. The summed E-state index contributed by atoms with van der Waals surface area (Å²) in [6, 6.07) is 11.2. The molecule has 0 unspecified atom stereocenters. The van der Waals surface area contributed by atoms with Gasteiger partial charge in [-0.3, -0.25) is 14.4 Å². The average molecular weight is 531 g/mol. The molecule has 190 valence electrons. The lowest BCUT2D eigenvalue weighted by Gasteiger charge is -2.25. The van der Waals surface area contributed by atoms with Gasteiger partial charge in [-0.1, -0.05) is 73.4 Å². The first-order chi connectivity index (χ1) is 16.4. The molecule has 0 heterocycles. The zero-order valence-electron chi connectivity index (χ0n) is 19.3. The van der Waals surface area contributed by atoms with Gasteiger partial charge in [-0.15, -0.1) is 0 Å². The molecule has 0 fully saturated rings. The van der Waals surface area contributed by atoms with Crippen LogP contribution in [0.3, 0.4) is 0 Å². The van der Waals surface area contributed by atoms with Crippen LogP contribution in [-0.2, 0) is 27.2 Å². The van der Waals surface area contributed by atoms with Gasteiger partial charge >= 0.3 is 6.18 Å². The van der Waals surface area contributed by atoms with Crippen LogP contribution >= 0.6 is 23.2 Å². The summed E-state index contributed by atoms with van der Waals surface area (Å²) in [7, 11) is 0. The van der Waals surface area contributed by atoms with Crippen molar-refractivity contribution in [3.8, 4) is 0 Å². The zero-order valence-corrected chi connectivity index (χ0v) is 20.8. The normalized spacial score (nSPS) is 13.3. The van der Waals surface area contributed by atoms with Crippen LogP contribution in [0.1, 0.15) is 37.8 Å².